The predicted molar refractivity (Wildman–Crippen MR) is 94.8 cm³/mol. The zero-order valence-electron chi connectivity index (χ0n) is 13.7. The summed E-state index contributed by atoms with van der Waals surface area (Å²) in [6, 6.07) is 17.0. The molecule has 0 spiro atoms. The van der Waals surface area contributed by atoms with E-state index < -0.39 is 0 Å². The fraction of sp³-hybridized carbons (Fsp3) is 0.316. The molecule has 120 valence electrons. The van der Waals surface area contributed by atoms with Crippen LogP contribution in [0.2, 0.25) is 0 Å². The molecule has 0 radical (unpaired) electrons. The molecule has 2 aromatic carbocycles. The third kappa shape index (κ3) is 3.54. The van der Waals surface area contributed by atoms with E-state index in [0.29, 0.717) is 6.61 Å². The summed E-state index contributed by atoms with van der Waals surface area (Å²) in [5.74, 6) is 0.923. The van der Waals surface area contributed by atoms with Crippen LogP contribution in [-0.2, 0) is 24.3 Å². The minimum atomic E-state index is 0.641. The number of methoxy groups -OCH3 is 1. The Bertz CT molecular complexity index is 697. The first kappa shape index (κ1) is 15.6. The summed E-state index contributed by atoms with van der Waals surface area (Å²) in [5.41, 5.74) is 5.06. The van der Waals surface area contributed by atoms with Crippen LogP contribution in [0.1, 0.15) is 16.7 Å². The van der Waals surface area contributed by atoms with E-state index in [9.17, 15) is 0 Å². The maximum absolute atomic E-state index is 5.20. The highest BCUT2D eigenvalue weighted by Crippen LogP contribution is 2.27. The van der Waals surface area contributed by atoms with Gasteiger partial charge in [-0.05, 0) is 29.2 Å². The van der Waals surface area contributed by atoms with Crippen molar-refractivity contribution in [3.05, 3.63) is 65.2 Å². The number of hydrogen-bond acceptors (Lipinski definition) is 2. The van der Waals surface area contributed by atoms with Crippen molar-refractivity contribution in [2.45, 2.75) is 19.6 Å². The summed E-state index contributed by atoms with van der Waals surface area (Å²) in [6.07, 6.45) is 1.07. The molecule has 0 bridgehead atoms. The summed E-state index contributed by atoms with van der Waals surface area (Å²) in [6.45, 7) is 2.37. The number of nitrogens with one attached hydrogen (secondary N) is 1. The molecule has 3 rings (SSSR count). The second-order valence-corrected chi connectivity index (χ2v) is 5.68. The Morgan fingerprint density at radius 3 is 2.83 bits per heavy atom. The largest absolute Gasteiger partial charge is 0.380 e. The first-order valence-corrected chi connectivity index (χ1v) is 7.94. The predicted octanol–water partition coefficient (Wildman–Crippen LogP) is 2.97. The maximum atomic E-state index is 5.20. The van der Waals surface area contributed by atoms with Crippen LogP contribution in [0.25, 0.3) is 0 Å². The minimum absolute atomic E-state index is 0.641. The highest BCUT2D eigenvalue weighted by Gasteiger charge is 2.22. The monoisotopic (exact) mass is 309 g/mol. The molecule has 0 saturated heterocycles. The molecule has 0 aromatic heterocycles. The summed E-state index contributed by atoms with van der Waals surface area (Å²) in [4.78, 5) is 6.71. The third-order valence-electron chi connectivity index (χ3n) is 4.11. The van der Waals surface area contributed by atoms with E-state index in [1.165, 1.54) is 22.4 Å². The van der Waals surface area contributed by atoms with Gasteiger partial charge in [0.15, 0.2) is 5.96 Å². The van der Waals surface area contributed by atoms with Crippen molar-refractivity contribution in [1.29, 1.82) is 0 Å². The quantitative estimate of drug-likeness (QED) is 0.697. The van der Waals surface area contributed by atoms with Crippen molar-refractivity contribution >= 4 is 11.6 Å². The molecular weight excluding hydrogens is 286 g/mol. The molecule has 1 aliphatic heterocycles. The maximum Gasteiger partial charge on any atom is 0.198 e. The summed E-state index contributed by atoms with van der Waals surface area (Å²) in [5, 5.41) is 3.47. The molecule has 0 saturated carbocycles. The lowest BCUT2D eigenvalue weighted by atomic mass is 10.1. The van der Waals surface area contributed by atoms with Gasteiger partial charge in [-0.3, -0.25) is 4.99 Å². The summed E-state index contributed by atoms with van der Waals surface area (Å²) < 4.78 is 5.20. The highest BCUT2D eigenvalue weighted by atomic mass is 16.5. The van der Waals surface area contributed by atoms with Gasteiger partial charge in [-0.2, -0.15) is 0 Å². The molecule has 4 nitrogen and oxygen atoms in total. The lowest BCUT2D eigenvalue weighted by Crippen LogP contribution is -2.40. The van der Waals surface area contributed by atoms with Gasteiger partial charge in [0.1, 0.15) is 0 Å². The van der Waals surface area contributed by atoms with E-state index in [-0.39, 0.29) is 0 Å². The Balaban J connectivity index is 1.68. The molecular formula is C19H23N3O. The number of rotatable bonds is 4. The molecule has 0 aliphatic carbocycles. The zero-order chi connectivity index (χ0) is 16.1. The molecule has 0 fully saturated rings. The van der Waals surface area contributed by atoms with E-state index in [1.54, 1.807) is 7.11 Å². The lowest BCUT2D eigenvalue weighted by Gasteiger charge is -2.22. The minimum Gasteiger partial charge on any atom is -0.380 e. The van der Waals surface area contributed by atoms with Gasteiger partial charge in [-0.1, -0.05) is 42.5 Å². The van der Waals surface area contributed by atoms with Crippen LogP contribution in [0.3, 0.4) is 0 Å². The SMILES string of the molecule is CN=C(NCc1cccc(COC)c1)N1CCc2ccccc21. The molecule has 0 amide bonds. The molecule has 0 unspecified atom stereocenters. The zero-order valence-corrected chi connectivity index (χ0v) is 13.7. The van der Waals surface area contributed by atoms with E-state index in [4.69, 9.17) is 4.74 Å². The Morgan fingerprint density at radius 2 is 2.00 bits per heavy atom. The van der Waals surface area contributed by atoms with Gasteiger partial charge in [0.2, 0.25) is 0 Å². The van der Waals surface area contributed by atoms with Gasteiger partial charge >= 0.3 is 0 Å². The Hall–Kier alpha value is -2.33. The number of benzene rings is 2. The molecule has 0 atom stereocenters. The van der Waals surface area contributed by atoms with Crippen molar-refractivity contribution in [2.75, 3.05) is 25.6 Å². The van der Waals surface area contributed by atoms with Gasteiger partial charge in [-0.25, -0.2) is 0 Å². The number of guanidine groups is 1. The van der Waals surface area contributed by atoms with Crippen LogP contribution < -0.4 is 10.2 Å². The van der Waals surface area contributed by atoms with Crippen LogP contribution >= 0.6 is 0 Å². The molecule has 1 N–H and O–H groups in total. The van der Waals surface area contributed by atoms with Crippen molar-refractivity contribution in [3.8, 4) is 0 Å². The molecule has 2 aromatic rings. The Morgan fingerprint density at radius 1 is 1.17 bits per heavy atom. The average molecular weight is 309 g/mol. The molecule has 4 heteroatoms. The van der Waals surface area contributed by atoms with Crippen molar-refractivity contribution in [1.82, 2.24) is 5.32 Å². The number of para-hydroxylation sites is 1. The third-order valence-corrected chi connectivity index (χ3v) is 4.11. The standard InChI is InChI=1S/C19H23N3O/c1-20-19(22-11-10-17-8-3-4-9-18(17)22)21-13-15-6-5-7-16(12-15)14-23-2/h3-9,12H,10-11,13-14H2,1-2H3,(H,20,21). The van der Waals surface area contributed by atoms with Gasteiger partial charge < -0.3 is 15.0 Å². The Kier molecular flexibility index (Phi) is 4.93. The summed E-state index contributed by atoms with van der Waals surface area (Å²) in [7, 11) is 3.56. The summed E-state index contributed by atoms with van der Waals surface area (Å²) >= 11 is 0. The fourth-order valence-corrected chi connectivity index (χ4v) is 3.03. The van der Waals surface area contributed by atoms with Crippen LogP contribution in [-0.4, -0.2) is 26.7 Å². The van der Waals surface area contributed by atoms with Crippen LogP contribution in [0.15, 0.2) is 53.5 Å². The van der Waals surface area contributed by atoms with Crippen molar-refractivity contribution in [2.24, 2.45) is 4.99 Å². The molecule has 1 aliphatic rings. The van der Waals surface area contributed by atoms with E-state index >= 15 is 0 Å². The topological polar surface area (TPSA) is 36.9 Å². The van der Waals surface area contributed by atoms with E-state index in [2.05, 4.69) is 63.7 Å². The van der Waals surface area contributed by atoms with Gasteiger partial charge in [0, 0.05) is 32.9 Å². The smallest absolute Gasteiger partial charge is 0.198 e. The van der Waals surface area contributed by atoms with Crippen LogP contribution in [0, 0.1) is 0 Å². The van der Waals surface area contributed by atoms with E-state index in [0.717, 1.165) is 25.5 Å². The average Bonchev–Trinajstić information content (AvgIpc) is 3.00. The van der Waals surface area contributed by atoms with Crippen LogP contribution in [0.5, 0.6) is 0 Å². The number of hydrogen-bond donors (Lipinski definition) is 1. The molecule has 1 heterocycles. The Labute approximate surface area is 137 Å². The molecule has 23 heavy (non-hydrogen) atoms. The van der Waals surface area contributed by atoms with E-state index in [1.807, 2.05) is 7.05 Å². The highest BCUT2D eigenvalue weighted by molar-refractivity contribution is 5.97. The number of nitrogens with zero attached hydrogens (tertiary/aromatic N) is 2. The van der Waals surface area contributed by atoms with Crippen LogP contribution in [0.4, 0.5) is 5.69 Å². The second kappa shape index (κ2) is 7.29. The van der Waals surface area contributed by atoms with Gasteiger partial charge in [0.05, 0.1) is 6.61 Å². The number of anilines is 1. The fourth-order valence-electron chi connectivity index (χ4n) is 3.03. The second-order valence-electron chi connectivity index (χ2n) is 5.68. The number of ether oxygens (including phenoxy) is 1. The first-order chi connectivity index (χ1) is 11.3. The van der Waals surface area contributed by atoms with Gasteiger partial charge in [-0.15, -0.1) is 0 Å². The number of fused-ring (bicyclic) bond motifs is 1. The normalized spacial score (nSPS) is 14.0. The first-order valence-electron chi connectivity index (χ1n) is 7.94. The van der Waals surface area contributed by atoms with Crippen molar-refractivity contribution in [3.63, 3.8) is 0 Å². The van der Waals surface area contributed by atoms with Crippen molar-refractivity contribution < 1.29 is 4.74 Å². The lowest BCUT2D eigenvalue weighted by molar-refractivity contribution is 0.185. The number of aliphatic imine (C=N–C) groups is 1. The van der Waals surface area contributed by atoms with Gasteiger partial charge in [0.25, 0.3) is 0 Å².